The van der Waals surface area contributed by atoms with Crippen molar-refractivity contribution in [1.29, 1.82) is 0 Å². The normalized spacial score (nSPS) is 17.0. The van der Waals surface area contributed by atoms with E-state index in [-0.39, 0.29) is 10.9 Å². The van der Waals surface area contributed by atoms with Crippen molar-refractivity contribution in [3.63, 3.8) is 0 Å². The summed E-state index contributed by atoms with van der Waals surface area (Å²) in [4.78, 5) is 12.9. The number of carboxylic acid groups (broad SMARTS) is 1. The molecule has 0 spiro atoms. The van der Waals surface area contributed by atoms with Crippen molar-refractivity contribution in [3.05, 3.63) is 56.2 Å². The molecule has 0 aliphatic carbocycles. The standard InChI is InChI=1S/C18H18Cl2N2O2S/c1-3-4-12-6-8-15(25-12)17-10(2)16(18(23)24)21-22(17)14-7-5-11(19)9-13(14)20/h5-7,9,15H,3-4,8H2,1-2H3,(H,23,24). The summed E-state index contributed by atoms with van der Waals surface area (Å²) < 4.78 is 1.66. The highest BCUT2D eigenvalue weighted by molar-refractivity contribution is 8.03. The molecule has 4 nitrogen and oxygen atoms in total. The van der Waals surface area contributed by atoms with E-state index in [1.54, 1.807) is 34.6 Å². The Labute approximate surface area is 160 Å². The molecule has 1 aliphatic heterocycles. The molecule has 2 aromatic rings. The van der Waals surface area contributed by atoms with Crippen molar-refractivity contribution in [3.8, 4) is 5.69 Å². The van der Waals surface area contributed by atoms with Gasteiger partial charge in [-0.2, -0.15) is 5.10 Å². The molecule has 2 heterocycles. The van der Waals surface area contributed by atoms with Crippen LogP contribution in [-0.4, -0.2) is 20.9 Å². The molecule has 1 aromatic carbocycles. The molecule has 0 saturated carbocycles. The summed E-state index contributed by atoms with van der Waals surface area (Å²) in [7, 11) is 0. The molecule has 0 radical (unpaired) electrons. The highest BCUT2D eigenvalue weighted by Crippen LogP contribution is 2.47. The number of aromatic carboxylic acids is 1. The third-order valence-electron chi connectivity index (χ3n) is 4.16. The fourth-order valence-corrected chi connectivity index (χ4v) is 4.97. The van der Waals surface area contributed by atoms with Crippen LogP contribution < -0.4 is 0 Å². The monoisotopic (exact) mass is 396 g/mol. The van der Waals surface area contributed by atoms with Gasteiger partial charge in [0.1, 0.15) is 0 Å². The first kappa shape index (κ1) is 18.4. The molecule has 0 fully saturated rings. The maximum absolute atomic E-state index is 11.6. The number of carbonyl (C=O) groups is 1. The summed E-state index contributed by atoms with van der Waals surface area (Å²) in [6, 6.07) is 5.14. The topological polar surface area (TPSA) is 55.1 Å². The van der Waals surface area contributed by atoms with Gasteiger partial charge in [-0.05, 0) is 42.9 Å². The van der Waals surface area contributed by atoms with Crippen LogP contribution in [0.25, 0.3) is 5.69 Å². The van der Waals surface area contributed by atoms with Crippen LogP contribution in [0.1, 0.15) is 53.2 Å². The molecule has 1 unspecified atom stereocenters. The van der Waals surface area contributed by atoms with Gasteiger partial charge in [0.2, 0.25) is 0 Å². The minimum atomic E-state index is -1.03. The number of rotatable bonds is 5. The van der Waals surface area contributed by atoms with E-state index in [2.05, 4.69) is 18.1 Å². The van der Waals surface area contributed by atoms with E-state index in [1.165, 1.54) is 4.91 Å². The van der Waals surface area contributed by atoms with Crippen LogP contribution in [0, 0.1) is 6.92 Å². The smallest absolute Gasteiger partial charge is 0.356 e. The molecule has 0 bridgehead atoms. The van der Waals surface area contributed by atoms with Crippen molar-refractivity contribution in [2.24, 2.45) is 0 Å². The number of halogens is 2. The molecule has 1 atom stereocenters. The highest BCUT2D eigenvalue weighted by atomic mass is 35.5. The fourth-order valence-electron chi connectivity index (χ4n) is 3.02. The van der Waals surface area contributed by atoms with Crippen molar-refractivity contribution >= 4 is 40.9 Å². The van der Waals surface area contributed by atoms with E-state index in [0.29, 0.717) is 21.3 Å². The number of hydrogen-bond donors (Lipinski definition) is 1. The summed E-state index contributed by atoms with van der Waals surface area (Å²) in [6.45, 7) is 3.96. The van der Waals surface area contributed by atoms with Gasteiger partial charge in [-0.25, -0.2) is 9.48 Å². The molecule has 3 rings (SSSR count). The predicted molar refractivity (Wildman–Crippen MR) is 103 cm³/mol. The Morgan fingerprint density at radius 2 is 2.20 bits per heavy atom. The first-order chi connectivity index (χ1) is 11.9. The second-order valence-electron chi connectivity index (χ2n) is 5.93. The summed E-state index contributed by atoms with van der Waals surface area (Å²) in [5.41, 5.74) is 2.27. The molecule has 0 amide bonds. The summed E-state index contributed by atoms with van der Waals surface area (Å²) in [5.74, 6) is -1.03. The Balaban J connectivity index is 2.09. The van der Waals surface area contributed by atoms with Gasteiger partial charge in [0.25, 0.3) is 0 Å². The fraction of sp³-hybridized carbons (Fsp3) is 0.333. The van der Waals surface area contributed by atoms with Crippen molar-refractivity contribution < 1.29 is 9.90 Å². The second kappa shape index (κ2) is 7.44. The van der Waals surface area contributed by atoms with Crippen LogP contribution in [0.2, 0.25) is 10.0 Å². The number of benzene rings is 1. The van der Waals surface area contributed by atoms with Gasteiger partial charge in [-0.15, -0.1) is 11.8 Å². The lowest BCUT2D eigenvalue weighted by Crippen LogP contribution is -2.06. The zero-order valence-corrected chi connectivity index (χ0v) is 16.3. The van der Waals surface area contributed by atoms with E-state index < -0.39 is 5.97 Å². The Morgan fingerprint density at radius 3 is 2.84 bits per heavy atom. The number of carboxylic acids is 1. The lowest BCUT2D eigenvalue weighted by Gasteiger charge is -2.15. The molecule has 1 aliphatic rings. The molecule has 1 N–H and O–H groups in total. The molecular weight excluding hydrogens is 379 g/mol. The van der Waals surface area contributed by atoms with Crippen molar-refractivity contribution in [2.75, 3.05) is 0 Å². The largest absolute Gasteiger partial charge is 0.476 e. The van der Waals surface area contributed by atoms with Gasteiger partial charge >= 0.3 is 5.97 Å². The first-order valence-electron chi connectivity index (χ1n) is 8.06. The third-order valence-corrected chi connectivity index (χ3v) is 6.07. The number of allylic oxidation sites excluding steroid dienone is 2. The summed E-state index contributed by atoms with van der Waals surface area (Å²) >= 11 is 14.1. The van der Waals surface area contributed by atoms with Crippen LogP contribution in [0.5, 0.6) is 0 Å². The first-order valence-corrected chi connectivity index (χ1v) is 9.69. The minimum absolute atomic E-state index is 0.0607. The molecule has 1 aromatic heterocycles. The Morgan fingerprint density at radius 1 is 1.44 bits per heavy atom. The van der Waals surface area contributed by atoms with E-state index in [9.17, 15) is 9.90 Å². The van der Waals surface area contributed by atoms with Crippen molar-refractivity contribution in [1.82, 2.24) is 9.78 Å². The Kier molecular flexibility index (Phi) is 5.46. The van der Waals surface area contributed by atoms with Crippen LogP contribution in [0.15, 0.2) is 29.2 Å². The van der Waals surface area contributed by atoms with Crippen LogP contribution >= 0.6 is 35.0 Å². The van der Waals surface area contributed by atoms with Gasteiger partial charge in [0.15, 0.2) is 5.69 Å². The SMILES string of the molecule is CCCC1=CCC(c2c(C)c(C(=O)O)nn2-c2ccc(Cl)cc2Cl)S1. The van der Waals surface area contributed by atoms with E-state index in [1.807, 2.05) is 6.92 Å². The van der Waals surface area contributed by atoms with Gasteiger partial charge in [0.05, 0.1) is 21.7 Å². The second-order valence-corrected chi connectivity index (χ2v) is 8.11. The maximum atomic E-state index is 11.6. The van der Waals surface area contributed by atoms with E-state index >= 15 is 0 Å². The Bertz CT molecular complexity index is 861. The number of thioether (sulfide) groups is 1. The molecule has 132 valence electrons. The average Bonchev–Trinajstić information content (AvgIpc) is 3.12. The average molecular weight is 397 g/mol. The summed E-state index contributed by atoms with van der Waals surface area (Å²) in [5, 5.41) is 14.9. The van der Waals surface area contributed by atoms with Gasteiger partial charge in [-0.3, -0.25) is 0 Å². The van der Waals surface area contributed by atoms with Crippen LogP contribution in [0.3, 0.4) is 0 Å². The molecule has 0 saturated heterocycles. The molecular formula is C18H18Cl2N2O2S. The van der Waals surface area contributed by atoms with Crippen molar-refractivity contribution in [2.45, 2.75) is 38.4 Å². The zero-order valence-electron chi connectivity index (χ0n) is 13.9. The summed E-state index contributed by atoms with van der Waals surface area (Å²) in [6.07, 6.45) is 5.23. The Hall–Kier alpha value is -1.43. The maximum Gasteiger partial charge on any atom is 0.356 e. The third kappa shape index (κ3) is 3.59. The van der Waals surface area contributed by atoms with E-state index in [0.717, 1.165) is 25.0 Å². The zero-order chi connectivity index (χ0) is 18.1. The van der Waals surface area contributed by atoms with Gasteiger partial charge < -0.3 is 5.11 Å². The number of nitrogens with zero attached hydrogens (tertiary/aromatic N) is 2. The highest BCUT2D eigenvalue weighted by Gasteiger charge is 2.30. The lowest BCUT2D eigenvalue weighted by atomic mass is 10.1. The molecule has 25 heavy (non-hydrogen) atoms. The lowest BCUT2D eigenvalue weighted by molar-refractivity contribution is 0.0689. The number of hydrogen-bond acceptors (Lipinski definition) is 3. The number of aromatic nitrogens is 2. The van der Waals surface area contributed by atoms with Crippen LogP contribution in [-0.2, 0) is 0 Å². The van der Waals surface area contributed by atoms with Gasteiger partial charge in [0, 0.05) is 10.6 Å². The minimum Gasteiger partial charge on any atom is -0.476 e. The van der Waals surface area contributed by atoms with Crippen LogP contribution in [0.4, 0.5) is 0 Å². The molecule has 7 heteroatoms. The predicted octanol–water partition coefficient (Wildman–Crippen LogP) is 6.05. The quantitative estimate of drug-likeness (QED) is 0.668. The van der Waals surface area contributed by atoms with E-state index in [4.69, 9.17) is 23.2 Å². The van der Waals surface area contributed by atoms with Gasteiger partial charge in [-0.1, -0.05) is 42.6 Å².